The molecule has 0 aromatic rings. The Kier molecular flexibility index (Phi) is 6.04. The van der Waals surface area contributed by atoms with E-state index in [1.54, 1.807) is 0 Å². The van der Waals surface area contributed by atoms with E-state index in [1.807, 2.05) is 44.7 Å². The van der Waals surface area contributed by atoms with Crippen molar-refractivity contribution in [1.82, 2.24) is 10.2 Å². The molecule has 0 heterocycles. The zero-order valence-electron chi connectivity index (χ0n) is 7.34. The first-order chi connectivity index (χ1) is 4.09. The number of rotatable bonds is 0. The van der Waals surface area contributed by atoms with Crippen molar-refractivity contribution in [1.29, 1.82) is 0 Å². The summed E-state index contributed by atoms with van der Waals surface area (Å²) >= 11 is 0. The number of hydrogen-bond donors (Lipinski definition) is 1. The van der Waals surface area contributed by atoms with Crippen LogP contribution in [0.2, 0.25) is 0 Å². The van der Waals surface area contributed by atoms with E-state index >= 15 is 0 Å². The molecule has 0 aliphatic rings. The standard InChI is InChI=1S/C6H15N3.H2O/c1-7-6(8(2)3)9(4)5;/h1-5H3;1H2. The van der Waals surface area contributed by atoms with Crippen LogP contribution in [0.1, 0.15) is 0 Å². The smallest absolute Gasteiger partial charge is 0.347 e. The number of guanidine groups is 1. The van der Waals surface area contributed by atoms with E-state index < -0.39 is 0 Å². The van der Waals surface area contributed by atoms with Gasteiger partial charge in [-0.3, -0.25) is 14.8 Å². The topological polar surface area (TPSA) is 48.3 Å². The minimum absolute atomic E-state index is 0. The largest absolute Gasteiger partial charge is 0.870 e. The molecule has 4 nitrogen and oxygen atoms in total. The molecule has 0 atom stereocenters. The normalized spacial score (nSPS) is 7.70. The van der Waals surface area contributed by atoms with Gasteiger partial charge in [0.2, 0.25) is 0 Å². The summed E-state index contributed by atoms with van der Waals surface area (Å²) in [6.07, 6.45) is 0. The maximum absolute atomic E-state index is 3.07. The van der Waals surface area contributed by atoms with Crippen LogP contribution in [0.3, 0.4) is 0 Å². The molecule has 0 aromatic heterocycles. The lowest BCUT2D eigenvalue weighted by Crippen LogP contribution is -2.39. The van der Waals surface area contributed by atoms with Crippen molar-refractivity contribution in [3.63, 3.8) is 0 Å². The molecule has 62 valence electrons. The molecule has 0 spiro atoms. The van der Waals surface area contributed by atoms with Crippen LogP contribution >= 0.6 is 0 Å². The molecule has 0 unspecified atom stereocenters. The highest BCUT2D eigenvalue weighted by atomic mass is 16.0. The maximum Gasteiger partial charge on any atom is 0.347 e. The fourth-order valence-corrected chi connectivity index (χ4v) is 0.847. The molecule has 10 heavy (non-hydrogen) atoms. The van der Waals surface area contributed by atoms with Gasteiger partial charge >= 0.3 is 5.96 Å². The molecule has 0 aromatic carbocycles. The summed E-state index contributed by atoms with van der Waals surface area (Å²) in [6.45, 7) is 0. The van der Waals surface area contributed by atoms with Crippen molar-refractivity contribution in [3.05, 3.63) is 0 Å². The Bertz CT molecular complexity index is 116. The van der Waals surface area contributed by atoms with Crippen molar-refractivity contribution in [2.75, 3.05) is 35.2 Å². The summed E-state index contributed by atoms with van der Waals surface area (Å²) in [7, 11) is 9.94. The molecule has 0 rings (SSSR count). The van der Waals surface area contributed by atoms with E-state index in [4.69, 9.17) is 0 Å². The van der Waals surface area contributed by atoms with Crippen LogP contribution in [0.5, 0.6) is 0 Å². The molecule has 0 radical (unpaired) electrons. The van der Waals surface area contributed by atoms with Crippen LogP contribution in [-0.2, 0) is 0 Å². The van der Waals surface area contributed by atoms with E-state index in [1.165, 1.54) is 0 Å². The van der Waals surface area contributed by atoms with Crippen LogP contribution in [0.25, 0.3) is 0 Å². The summed E-state index contributed by atoms with van der Waals surface area (Å²) in [4.78, 5) is 2.03. The second-order valence-electron chi connectivity index (χ2n) is 2.36. The molecule has 0 fully saturated rings. The Morgan fingerprint density at radius 3 is 1.70 bits per heavy atom. The summed E-state index contributed by atoms with van der Waals surface area (Å²) in [5, 5.41) is 3.07. The van der Waals surface area contributed by atoms with Gasteiger partial charge in [-0.2, -0.15) is 0 Å². The fraction of sp³-hybridized carbons (Fsp3) is 0.833. The van der Waals surface area contributed by atoms with Gasteiger partial charge in [0.1, 0.15) is 0 Å². The molecule has 0 saturated heterocycles. The maximum atomic E-state index is 3.07. The van der Waals surface area contributed by atoms with Crippen LogP contribution < -0.4 is 5.32 Å². The predicted octanol–water partition coefficient (Wildman–Crippen LogP) is -0.781. The molecule has 0 aliphatic heterocycles. The van der Waals surface area contributed by atoms with Crippen LogP contribution in [0, 0.1) is 0 Å². The van der Waals surface area contributed by atoms with E-state index in [-0.39, 0.29) is 5.48 Å². The van der Waals surface area contributed by atoms with E-state index in [9.17, 15) is 0 Å². The number of nitrogens with one attached hydrogen (secondary N) is 1. The lowest BCUT2D eigenvalue weighted by Gasteiger charge is -2.09. The Hall–Kier alpha value is -0.770. The fourth-order valence-electron chi connectivity index (χ4n) is 0.847. The Balaban J connectivity index is 0. The van der Waals surface area contributed by atoms with E-state index in [0.717, 1.165) is 5.96 Å². The molecular weight excluding hydrogens is 130 g/mol. The summed E-state index contributed by atoms with van der Waals surface area (Å²) in [6, 6.07) is 0. The third-order valence-electron chi connectivity index (χ3n) is 1.07. The highest BCUT2D eigenvalue weighted by molar-refractivity contribution is 5.73. The monoisotopic (exact) mass is 147 g/mol. The van der Waals surface area contributed by atoms with Crippen molar-refractivity contribution in [2.24, 2.45) is 0 Å². The van der Waals surface area contributed by atoms with Gasteiger partial charge in [0, 0.05) is 0 Å². The summed E-state index contributed by atoms with van der Waals surface area (Å²) < 4.78 is 2.03. The number of nitrogens with zero attached hydrogens (tertiary/aromatic N) is 2. The van der Waals surface area contributed by atoms with Gasteiger partial charge in [-0.05, 0) is 0 Å². The van der Waals surface area contributed by atoms with Gasteiger partial charge in [-0.25, -0.2) is 0 Å². The zero-order valence-corrected chi connectivity index (χ0v) is 7.34. The Morgan fingerprint density at radius 1 is 1.30 bits per heavy atom. The van der Waals surface area contributed by atoms with Gasteiger partial charge in [0.15, 0.2) is 0 Å². The van der Waals surface area contributed by atoms with Crippen LogP contribution in [-0.4, -0.2) is 56.1 Å². The third-order valence-corrected chi connectivity index (χ3v) is 1.07. The van der Waals surface area contributed by atoms with Crippen LogP contribution in [0.15, 0.2) is 0 Å². The van der Waals surface area contributed by atoms with Gasteiger partial charge in [-0.15, -0.1) is 0 Å². The van der Waals surface area contributed by atoms with Crippen molar-refractivity contribution < 1.29 is 10.1 Å². The molecule has 4 heteroatoms. The van der Waals surface area contributed by atoms with Gasteiger partial charge < -0.3 is 5.48 Å². The highest BCUT2D eigenvalue weighted by Crippen LogP contribution is 1.73. The average molecular weight is 147 g/mol. The Labute approximate surface area is 62.5 Å². The molecule has 0 bridgehead atoms. The zero-order chi connectivity index (χ0) is 7.44. The van der Waals surface area contributed by atoms with E-state index in [2.05, 4.69) is 5.32 Å². The summed E-state index contributed by atoms with van der Waals surface area (Å²) in [5.74, 6) is 1.11. The lowest BCUT2D eigenvalue weighted by molar-refractivity contribution is -0.472. The van der Waals surface area contributed by atoms with Gasteiger partial charge in [0.25, 0.3) is 0 Å². The first kappa shape index (κ1) is 12.0. The van der Waals surface area contributed by atoms with Crippen LogP contribution in [0.4, 0.5) is 0 Å². The first-order valence-corrected chi connectivity index (χ1v) is 2.99. The second kappa shape index (κ2) is 5.05. The van der Waals surface area contributed by atoms with Gasteiger partial charge in [-0.1, -0.05) is 0 Å². The van der Waals surface area contributed by atoms with Crippen molar-refractivity contribution in [2.45, 2.75) is 0 Å². The molecule has 2 N–H and O–H groups in total. The lowest BCUT2D eigenvalue weighted by atomic mass is 10.7. The highest BCUT2D eigenvalue weighted by Gasteiger charge is 2.05. The quantitative estimate of drug-likeness (QED) is 0.278. The molecule has 0 aliphatic carbocycles. The van der Waals surface area contributed by atoms with Crippen molar-refractivity contribution in [3.8, 4) is 0 Å². The van der Waals surface area contributed by atoms with Crippen molar-refractivity contribution >= 4 is 5.96 Å². The summed E-state index contributed by atoms with van der Waals surface area (Å²) in [5.41, 5.74) is 0. The number of hydrogen-bond acceptors (Lipinski definition) is 1. The predicted molar refractivity (Wildman–Crippen MR) is 41.8 cm³/mol. The minimum Gasteiger partial charge on any atom is -0.870 e. The molecule has 0 saturated carbocycles. The minimum atomic E-state index is 0. The Morgan fingerprint density at radius 2 is 1.70 bits per heavy atom. The molecular formula is C6H17N3O. The van der Waals surface area contributed by atoms with Gasteiger partial charge in [0.05, 0.1) is 35.2 Å². The SMILES string of the molecule is CNC(N(C)C)=[N+](C)C.[OH-]. The average Bonchev–Trinajstić information content (AvgIpc) is 1.64. The molecule has 0 amide bonds. The van der Waals surface area contributed by atoms with E-state index in [0.29, 0.717) is 0 Å². The second-order valence-corrected chi connectivity index (χ2v) is 2.36. The third kappa shape index (κ3) is 3.29. The first-order valence-electron chi connectivity index (χ1n) is 2.99.